The molecule has 278 valence electrons. The molecule has 16 heteroatoms. The van der Waals surface area contributed by atoms with Crippen LogP contribution in [0, 0.1) is 10.8 Å². The second kappa shape index (κ2) is 15.5. The highest BCUT2D eigenvalue weighted by Gasteiger charge is 2.28. The summed E-state index contributed by atoms with van der Waals surface area (Å²) in [5.74, 6) is 0.384. The molecule has 0 radical (unpaired) electrons. The fourth-order valence-corrected chi connectivity index (χ4v) is 8.39. The van der Waals surface area contributed by atoms with Crippen LogP contribution in [0.15, 0.2) is 72.8 Å². The van der Waals surface area contributed by atoms with E-state index in [0.717, 1.165) is 20.2 Å². The molecular weight excluding hydrogens is 729 g/mol. The molecule has 7 rings (SSSR count). The maximum Gasteiger partial charge on any atom is 0.264 e. The predicted molar refractivity (Wildman–Crippen MR) is 208 cm³/mol. The topological polar surface area (TPSA) is 199 Å². The lowest BCUT2D eigenvalue weighted by molar-refractivity contribution is -0.135. The van der Waals surface area contributed by atoms with Crippen LogP contribution in [0.1, 0.15) is 30.5 Å². The number of nitrogens with zero attached hydrogens (tertiary/aromatic N) is 4. The van der Waals surface area contributed by atoms with Gasteiger partial charge in [-0.1, -0.05) is 0 Å². The lowest BCUT2D eigenvalue weighted by Crippen LogP contribution is -2.51. The average Bonchev–Trinajstić information content (AvgIpc) is 3.83. The molecule has 54 heavy (non-hydrogen) atoms. The Morgan fingerprint density at radius 3 is 1.24 bits per heavy atom. The SMILES string of the molecule is N=C(N)c1ccc2sc(C(=O)N3CCN(C(=O)COc4ccc(OCC(=O)N5CCN(C(=O)c6cc7cc(C(=N)N)ccc7s6)CC5)cc4)CC3)cc2c1. The van der Waals surface area contributed by atoms with E-state index in [4.69, 9.17) is 31.8 Å². The lowest BCUT2D eigenvalue weighted by atomic mass is 10.1. The first-order valence-electron chi connectivity index (χ1n) is 17.3. The van der Waals surface area contributed by atoms with Gasteiger partial charge in [0.05, 0.1) is 9.75 Å². The van der Waals surface area contributed by atoms with Gasteiger partial charge in [0.1, 0.15) is 23.2 Å². The second-order valence-electron chi connectivity index (χ2n) is 12.9. The monoisotopic (exact) mass is 766 g/mol. The van der Waals surface area contributed by atoms with E-state index in [0.29, 0.717) is 84.7 Å². The number of hydrogen-bond donors (Lipinski definition) is 4. The fraction of sp³-hybridized carbons (Fsp3) is 0.263. The number of benzene rings is 3. The molecule has 2 saturated heterocycles. The van der Waals surface area contributed by atoms with Crippen molar-refractivity contribution >= 4 is 78.1 Å². The number of ether oxygens (including phenoxy) is 2. The molecule has 0 saturated carbocycles. The minimum atomic E-state index is -0.180. The Morgan fingerprint density at radius 1 is 0.537 bits per heavy atom. The zero-order valence-corrected chi connectivity index (χ0v) is 30.8. The summed E-state index contributed by atoms with van der Waals surface area (Å²) in [5, 5.41) is 17.0. The molecule has 3 aromatic carbocycles. The van der Waals surface area contributed by atoms with Crippen molar-refractivity contribution < 1.29 is 28.7 Å². The molecule has 2 aromatic heterocycles. The third-order valence-corrected chi connectivity index (χ3v) is 11.7. The van der Waals surface area contributed by atoms with Crippen LogP contribution in [0.5, 0.6) is 11.5 Å². The van der Waals surface area contributed by atoms with E-state index in [1.165, 1.54) is 22.7 Å². The van der Waals surface area contributed by atoms with E-state index in [1.807, 2.05) is 36.4 Å². The summed E-state index contributed by atoms with van der Waals surface area (Å²) in [4.78, 5) is 60.2. The number of nitrogen functional groups attached to an aromatic ring is 2. The van der Waals surface area contributed by atoms with Gasteiger partial charge in [0.15, 0.2) is 13.2 Å². The van der Waals surface area contributed by atoms with Crippen LogP contribution in [-0.2, 0) is 9.59 Å². The maximum absolute atomic E-state index is 13.2. The van der Waals surface area contributed by atoms with E-state index in [-0.39, 0.29) is 48.5 Å². The maximum atomic E-state index is 13.2. The number of amidine groups is 2. The Balaban J connectivity index is 0.814. The van der Waals surface area contributed by atoms with Crippen molar-refractivity contribution in [3.8, 4) is 11.5 Å². The van der Waals surface area contributed by atoms with Gasteiger partial charge in [-0.3, -0.25) is 30.0 Å². The van der Waals surface area contributed by atoms with Crippen molar-refractivity contribution in [2.45, 2.75) is 0 Å². The number of nitrogens with two attached hydrogens (primary N) is 2. The van der Waals surface area contributed by atoms with Gasteiger partial charge in [0.25, 0.3) is 23.6 Å². The van der Waals surface area contributed by atoms with Crippen LogP contribution in [0.2, 0.25) is 0 Å². The van der Waals surface area contributed by atoms with Gasteiger partial charge in [0, 0.05) is 72.9 Å². The molecule has 14 nitrogen and oxygen atoms in total. The Morgan fingerprint density at radius 2 is 0.889 bits per heavy atom. The van der Waals surface area contributed by atoms with Gasteiger partial charge in [0.2, 0.25) is 0 Å². The van der Waals surface area contributed by atoms with E-state index < -0.39 is 0 Å². The number of nitrogens with one attached hydrogen (secondary N) is 2. The number of hydrogen-bond acceptors (Lipinski definition) is 10. The second-order valence-corrected chi connectivity index (χ2v) is 15.1. The molecule has 2 aliphatic rings. The Bertz CT molecular complexity index is 2110. The Kier molecular flexibility index (Phi) is 10.5. The smallest absolute Gasteiger partial charge is 0.264 e. The first-order chi connectivity index (χ1) is 26.0. The molecule has 4 amide bonds. The molecule has 0 aliphatic carbocycles. The van der Waals surface area contributed by atoms with Gasteiger partial charge >= 0.3 is 0 Å². The molecular formula is C38H38N8O6S2. The highest BCUT2D eigenvalue weighted by atomic mass is 32.1. The number of carbonyl (C=O) groups excluding carboxylic acids is 4. The summed E-state index contributed by atoms with van der Waals surface area (Å²) in [6.45, 7) is 2.93. The summed E-state index contributed by atoms with van der Waals surface area (Å²) in [6, 6.07) is 21.2. The van der Waals surface area contributed by atoms with Gasteiger partial charge in [-0.05, 0) is 83.6 Å². The molecule has 4 heterocycles. The predicted octanol–water partition coefficient (Wildman–Crippen LogP) is 3.41. The number of thiophene rings is 2. The standard InChI is InChI=1S/C38H38N8O6S2/c39-35(40)23-1-7-29-25(17-23)19-31(53-29)37(49)45-13-9-43(10-14-45)33(47)21-51-27-3-5-28(6-4-27)52-22-34(48)44-11-15-46(16-12-44)38(50)32-20-26-18-24(36(41)42)2-8-30(26)54-32/h1-8,17-20H,9-16,21-22H2,(H3,39,40)(H3,41,42). The number of carbonyl (C=O) groups is 4. The Hall–Kier alpha value is -6.00. The van der Waals surface area contributed by atoms with Crippen LogP contribution in [0.25, 0.3) is 20.2 Å². The third-order valence-electron chi connectivity index (χ3n) is 9.46. The molecule has 0 atom stereocenters. The molecule has 6 N–H and O–H groups in total. The number of amides is 4. The number of fused-ring (bicyclic) bond motifs is 2. The molecule has 0 unspecified atom stereocenters. The molecule has 2 fully saturated rings. The molecule has 2 aliphatic heterocycles. The normalized spacial score (nSPS) is 14.7. The van der Waals surface area contributed by atoms with Crippen LogP contribution in [0.4, 0.5) is 0 Å². The minimum absolute atomic E-state index is 0.0215. The minimum Gasteiger partial charge on any atom is -0.484 e. The van der Waals surface area contributed by atoms with E-state index in [2.05, 4.69) is 0 Å². The summed E-state index contributed by atoms with van der Waals surface area (Å²) in [6.07, 6.45) is 0. The molecule has 0 spiro atoms. The summed E-state index contributed by atoms with van der Waals surface area (Å²) in [5.41, 5.74) is 12.4. The van der Waals surface area contributed by atoms with Crippen molar-refractivity contribution in [1.29, 1.82) is 10.8 Å². The lowest BCUT2D eigenvalue weighted by Gasteiger charge is -2.34. The zero-order valence-electron chi connectivity index (χ0n) is 29.2. The number of rotatable bonds is 10. The van der Waals surface area contributed by atoms with E-state index in [1.54, 1.807) is 56.0 Å². The van der Waals surface area contributed by atoms with E-state index >= 15 is 0 Å². The third kappa shape index (κ3) is 7.99. The van der Waals surface area contributed by atoms with Crippen molar-refractivity contribution in [2.24, 2.45) is 11.5 Å². The molecule has 5 aromatic rings. The van der Waals surface area contributed by atoms with Gasteiger partial charge < -0.3 is 40.5 Å². The van der Waals surface area contributed by atoms with Crippen LogP contribution >= 0.6 is 22.7 Å². The molecule has 0 bridgehead atoms. The van der Waals surface area contributed by atoms with Crippen LogP contribution in [0.3, 0.4) is 0 Å². The van der Waals surface area contributed by atoms with Crippen molar-refractivity contribution in [2.75, 3.05) is 65.6 Å². The first-order valence-corrected chi connectivity index (χ1v) is 18.9. The Labute approximate surface area is 318 Å². The average molecular weight is 767 g/mol. The van der Waals surface area contributed by atoms with Gasteiger partial charge in [-0.15, -0.1) is 22.7 Å². The van der Waals surface area contributed by atoms with Gasteiger partial charge in [-0.2, -0.15) is 0 Å². The quantitative estimate of drug-likeness (QED) is 0.122. The van der Waals surface area contributed by atoms with E-state index in [9.17, 15) is 19.2 Å². The fourth-order valence-electron chi connectivity index (χ4n) is 6.37. The van der Waals surface area contributed by atoms with Crippen LogP contribution in [-0.4, -0.2) is 120 Å². The number of piperazine rings is 2. The largest absolute Gasteiger partial charge is 0.484 e. The van der Waals surface area contributed by atoms with Crippen molar-refractivity contribution in [3.05, 3.63) is 93.7 Å². The summed E-state index contributed by atoms with van der Waals surface area (Å²) < 4.78 is 13.3. The van der Waals surface area contributed by atoms with Crippen LogP contribution < -0.4 is 20.9 Å². The highest BCUT2D eigenvalue weighted by Crippen LogP contribution is 2.29. The summed E-state index contributed by atoms with van der Waals surface area (Å²) >= 11 is 2.79. The highest BCUT2D eigenvalue weighted by molar-refractivity contribution is 7.21. The van der Waals surface area contributed by atoms with Crippen molar-refractivity contribution in [3.63, 3.8) is 0 Å². The van der Waals surface area contributed by atoms with Crippen molar-refractivity contribution in [1.82, 2.24) is 19.6 Å². The first kappa shape index (κ1) is 36.4. The van der Waals surface area contributed by atoms with Gasteiger partial charge in [-0.25, -0.2) is 0 Å². The zero-order chi connectivity index (χ0) is 37.9. The summed E-state index contributed by atoms with van der Waals surface area (Å²) in [7, 11) is 0.